The maximum Gasteiger partial charge on any atom is 0.326 e. The van der Waals surface area contributed by atoms with Crippen molar-refractivity contribution in [3.63, 3.8) is 0 Å². The fourth-order valence-corrected chi connectivity index (χ4v) is 5.07. The van der Waals surface area contributed by atoms with Crippen molar-refractivity contribution in [3.05, 3.63) is 105 Å². The predicted octanol–water partition coefficient (Wildman–Crippen LogP) is 5.58. The van der Waals surface area contributed by atoms with E-state index >= 15 is 0 Å². The summed E-state index contributed by atoms with van der Waals surface area (Å²) < 4.78 is 13.1. The molecule has 2 N–H and O–H groups in total. The molecule has 3 aromatic carbocycles. The first-order valence-electron chi connectivity index (χ1n) is 11.8. The van der Waals surface area contributed by atoms with Crippen LogP contribution in [-0.2, 0) is 11.2 Å². The average molecular weight is 543 g/mol. The number of aliphatic carboxylic acids is 1. The second-order valence-electron chi connectivity index (χ2n) is 8.98. The normalized spacial score (nSPS) is 14.7. The molecule has 1 atom stereocenters. The van der Waals surface area contributed by atoms with Crippen LogP contribution >= 0.6 is 23.2 Å². The summed E-state index contributed by atoms with van der Waals surface area (Å²) in [5.41, 5.74) is 2.37. The van der Waals surface area contributed by atoms with Crippen LogP contribution in [0.3, 0.4) is 0 Å². The molecular weight excluding hydrogens is 518 g/mol. The van der Waals surface area contributed by atoms with Gasteiger partial charge < -0.3 is 15.3 Å². The summed E-state index contributed by atoms with van der Waals surface area (Å²) in [4.78, 5) is 38.9. The Labute approximate surface area is 224 Å². The first-order chi connectivity index (χ1) is 17.7. The van der Waals surface area contributed by atoms with Crippen LogP contribution in [0.4, 0.5) is 4.39 Å². The molecule has 9 heteroatoms. The van der Waals surface area contributed by atoms with Gasteiger partial charge in [0.05, 0.1) is 15.6 Å². The van der Waals surface area contributed by atoms with Gasteiger partial charge in [-0.2, -0.15) is 0 Å². The molecule has 1 aliphatic heterocycles. The van der Waals surface area contributed by atoms with E-state index in [4.69, 9.17) is 23.2 Å². The molecule has 0 aliphatic carbocycles. The van der Waals surface area contributed by atoms with Crippen LogP contribution in [0.25, 0.3) is 0 Å². The summed E-state index contributed by atoms with van der Waals surface area (Å²) in [6.45, 7) is 1.20. The minimum absolute atomic E-state index is 0.0386. The van der Waals surface area contributed by atoms with E-state index < -0.39 is 17.9 Å². The zero-order valence-electron chi connectivity index (χ0n) is 19.8. The quantitative estimate of drug-likeness (QED) is 0.408. The molecule has 4 rings (SSSR count). The number of hydrogen-bond acceptors (Lipinski definition) is 3. The first kappa shape index (κ1) is 26.6. The molecule has 192 valence electrons. The highest BCUT2D eigenvalue weighted by atomic mass is 35.5. The van der Waals surface area contributed by atoms with E-state index in [1.807, 2.05) is 24.3 Å². The Bertz CT molecular complexity index is 1270. The van der Waals surface area contributed by atoms with Gasteiger partial charge in [0.15, 0.2) is 0 Å². The number of piperidine rings is 1. The third-order valence-corrected chi connectivity index (χ3v) is 7.19. The van der Waals surface area contributed by atoms with Crippen molar-refractivity contribution >= 4 is 41.0 Å². The molecule has 1 aliphatic rings. The smallest absolute Gasteiger partial charge is 0.326 e. The van der Waals surface area contributed by atoms with Crippen LogP contribution in [0.1, 0.15) is 50.6 Å². The maximum absolute atomic E-state index is 13.1. The Balaban J connectivity index is 1.35. The number of nitrogens with one attached hydrogen (secondary N) is 1. The number of amides is 2. The number of carboxylic acid groups (broad SMARTS) is 1. The van der Waals surface area contributed by atoms with Gasteiger partial charge in [-0.15, -0.1) is 0 Å². The van der Waals surface area contributed by atoms with Gasteiger partial charge in [-0.05, 0) is 66.3 Å². The lowest BCUT2D eigenvalue weighted by atomic mass is 9.88. The fraction of sp³-hybridized carbons (Fsp3) is 0.250. The monoisotopic (exact) mass is 542 g/mol. The molecular formula is C28H25Cl2FN2O4. The Morgan fingerprint density at radius 2 is 1.54 bits per heavy atom. The molecule has 1 saturated heterocycles. The summed E-state index contributed by atoms with van der Waals surface area (Å²) >= 11 is 12.1. The lowest BCUT2D eigenvalue weighted by molar-refractivity contribution is -0.139. The van der Waals surface area contributed by atoms with Gasteiger partial charge in [0.25, 0.3) is 11.8 Å². The van der Waals surface area contributed by atoms with Gasteiger partial charge in [0, 0.05) is 25.1 Å². The van der Waals surface area contributed by atoms with Crippen LogP contribution in [-0.4, -0.2) is 46.9 Å². The molecule has 2 amide bonds. The van der Waals surface area contributed by atoms with Crippen molar-refractivity contribution in [3.8, 4) is 0 Å². The van der Waals surface area contributed by atoms with Crippen molar-refractivity contribution in [2.24, 2.45) is 0 Å². The second-order valence-corrected chi connectivity index (χ2v) is 9.79. The van der Waals surface area contributed by atoms with Crippen molar-refractivity contribution in [2.45, 2.75) is 31.2 Å². The second kappa shape index (κ2) is 11.8. The standard InChI is InChI=1S/C28H25Cl2FN2O4/c29-22-2-1-3-23(30)25(22)26(34)32-24(28(36)37)16-17-4-6-18(7-5-17)19-12-14-33(15-13-19)27(35)20-8-10-21(31)11-9-20/h1-11,19,24H,12-16H2,(H,32,34)(H,36,37)/t24-/m0/s1. The summed E-state index contributed by atoms with van der Waals surface area (Å²) in [5.74, 6) is -2.03. The number of halogens is 3. The number of hydrogen-bond donors (Lipinski definition) is 2. The molecule has 3 aromatic rings. The third kappa shape index (κ3) is 6.48. The molecule has 1 heterocycles. The lowest BCUT2D eigenvalue weighted by Gasteiger charge is -2.32. The molecule has 37 heavy (non-hydrogen) atoms. The number of carboxylic acids is 1. The molecule has 0 aromatic heterocycles. The molecule has 0 saturated carbocycles. The number of likely N-dealkylation sites (tertiary alicyclic amines) is 1. The van der Waals surface area contributed by atoms with Gasteiger partial charge >= 0.3 is 5.97 Å². The van der Waals surface area contributed by atoms with E-state index in [0.29, 0.717) is 18.7 Å². The van der Waals surface area contributed by atoms with E-state index in [1.54, 1.807) is 11.0 Å². The van der Waals surface area contributed by atoms with Gasteiger partial charge in [-0.25, -0.2) is 9.18 Å². The van der Waals surface area contributed by atoms with Crippen molar-refractivity contribution in [1.82, 2.24) is 10.2 Å². The third-order valence-electron chi connectivity index (χ3n) is 6.56. The summed E-state index contributed by atoms with van der Waals surface area (Å²) in [6, 6.07) is 16.7. The number of carbonyl (C=O) groups is 3. The molecule has 6 nitrogen and oxygen atoms in total. The van der Waals surface area contributed by atoms with E-state index in [2.05, 4.69) is 5.32 Å². The molecule has 0 bridgehead atoms. The van der Waals surface area contributed by atoms with E-state index in [1.165, 1.54) is 36.4 Å². The molecule has 1 fully saturated rings. The molecule has 0 spiro atoms. The summed E-state index contributed by atoms with van der Waals surface area (Å²) in [7, 11) is 0. The van der Waals surface area contributed by atoms with E-state index in [-0.39, 0.29) is 39.7 Å². The topological polar surface area (TPSA) is 86.7 Å². The number of rotatable bonds is 7. The zero-order valence-corrected chi connectivity index (χ0v) is 21.3. The largest absolute Gasteiger partial charge is 0.480 e. The van der Waals surface area contributed by atoms with Crippen LogP contribution in [0, 0.1) is 5.82 Å². The zero-order chi connectivity index (χ0) is 26.5. The predicted molar refractivity (Wildman–Crippen MR) is 140 cm³/mol. The van der Waals surface area contributed by atoms with Gasteiger partial charge in [-0.3, -0.25) is 9.59 Å². The highest BCUT2D eigenvalue weighted by molar-refractivity contribution is 6.39. The SMILES string of the molecule is O=C(N[C@@H](Cc1ccc(C2CCN(C(=O)c3ccc(F)cc3)CC2)cc1)C(=O)O)c1c(Cl)cccc1Cl. The molecule has 0 unspecified atom stereocenters. The van der Waals surface area contributed by atoms with E-state index in [0.717, 1.165) is 24.0 Å². The number of benzene rings is 3. The van der Waals surface area contributed by atoms with Crippen LogP contribution in [0.15, 0.2) is 66.7 Å². The van der Waals surface area contributed by atoms with Crippen molar-refractivity contribution < 1.29 is 23.9 Å². The van der Waals surface area contributed by atoms with Gasteiger partial charge in [0.2, 0.25) is 0 Å². The average Bonchev–Trinajstić information content (AvgIpc) is 2.89. The minimum Gasteiger partial charge on any atom is -0.480 e. The summed E-state index contributed by atoms with van der Waals surface area (Å²) in [6.07, 6.45) is 1.67. The Kier molecular flexibility index (Phi) is 8.46. The van der Waals surface area contributed by atoms with Crippen LogP contribution in [0.5, 0.6) is 0 Å². The van der Waals surface area contributed by atoms with Crippen LogP contribution < -0.4 is 5.32 Å². The summed E-state index contributed by atoms with van der Waals surface area (Å²) in [5, 5.41) is 12.5. The van der Waals surface area contributed by atoms with Crippen LogP contribution in [0.2, 0.25) is 10.0 Å². The molecule has 0 radical (unpaired) electrons. The van der Waals surface area contributed by atoms with E-state index in [9.17, 15) is 23.9 Å². The number of carbonyl (C=O) groups excluding carboxylic acids is 2. The Morgan fingerprint density at radius 3 is 2.11 bits per heavy atom. The van der Waals surface area contributed by atoms with Gasteiger partial charge in [0.1, 0.15) is 11.9 Å². The van der Waals surface area contributed by atoms with Gasteiger partial charge in [-0.1, -0.05) is 53.5 Å². The Hall–Kier alpha value is -3.42. The maximum atomic E-state index is 13.1. The first-order valence-corrected chi connectivity index (χ1v) is 12.6. The minimum atomic E-state index is -1.17. The lowest BCUT2D eigenvalue weighted by Crippen LogP contribution is -2.42. The highest BCUT2D eigenvalue weighted by Gasteiger charge is 2.26. The van der Waals surface area contributed by atoms with Crippen molar-refractivity contribution in [1.29, 1.82) is 0 Å². The van der Waals surface area contributed by atoms with Crippen molar-refractivity contribution in [2.75, 3.05) is 13.1 Å². The fourth-order valence-electron chi connectivity index (χ4n) is 4.50. The number of nitrogens with zero attached hydrogens (tertiary/aromatic N) is 1. The Morgan fingerprint density at radius 1 is 0.946 bits per heavy atom. The highest BCUT2D eigenvalue weighted by Crippen LogP contribution is 2.29.